The molecule has 0 aromatic carbocycles. The molecular formula is C14H25N5O7S. The third-order valence-electron chi connectivity index (χ3n) is 3.24. The van der Waals surface area contributed by atoms with E-state index in [1.165, 1.54) is 11.8 Å². The smallest absolute Gasteiger partial charge is 0.326 e. The van der Waals surface area contributed by atoms with E-state index in [0.717, 1.165) is 0 Å². The van der Waals surface area contributed by atoms with Gasteiger partial charge in [0.25, 0.3) is 0 Å². The van der Waals surface area contributed by atoms with Crippen LogP contribution < -0.4 is 27.4 Å². The van der Waals surface area contributed by atoms with E-state index in [0.29, 0.717) is 5.75 Å². The van der Waals surface area contributed by atoms with Gasteiger partial charge in [0, 0.05) is 0 Å². The highest BCUT2D eigenvalue weighted by atomic mass is 32.2. The fraction of sp³-hybridized carbons (Fsp3) is 0.643. The van der Waals surface area contributed by atoms with E-state index in [1.54, 1.807) is 6.26 Å². The third-order valence-corrected chi connectivity index (χ3v) is 3.88. The van der Waals surface area contributed by atoms with Gasteiger partial charge in [-0.25, -0.2) is 4.79 Å². The number of carboxylic acid groups (broad SMARTS) is 1. The van der Waals surface area contributed by atoms with Gasteiger partial charge in [-0.3, -0.25) is 19.2 Å². The van der Waals surface area contributed by atoms with Crippen LogP contribution >= 0.6 is 11.8 Å². The van der Waals surface area contributed by atoms with Crippen molar-refractivity contribution in [3.63, 3.8) is 0 Å². The largest absolute Gasteiger partial charge is 0.480 e. The SMILES string of the molecule is CSCCC(NC(=O)CNC(=O)C(CO)NC(=O)C(N)CC(N)=O)C(=O)O. The number of thioether (sulfide) groups is 1. The maximum absolute atomic E-state index is 11.9. The van der Waals surface area contributed by atoms with Gasteiger partial charge in [-0.2, -0.15) is 11.8 Å². The van der Waals surface area contributed by atoms with Crippen LogP contribution in [0.1, 0.15) is 12.8 Å². The summed E-state index contributed by atoms with van der Waals surface area (Å²) in [6.07, 6.45) is 1.56. The van der Waals surface area contributed by atoms with Gasteiger partial charge in [0.1, 0.15) is 12.1 Å². The molecule has 0 heterocycles. The fourth-order valence-corrected chi connectivity index (χ4v) is 2.28. The number of carbonyl (C=O) groups is 5. The highest BCUT2D eigenvalue weighted by Crippen LogP contribution is 2.00. The summed E-state index contributed by atoms with van der Waals surface area (Å²) in [5.74, 6) is -4.00. The van der Waals surface area contributed by atoms with Crippen LogP contribution in [0, 0.1) is 0 Å². The summed E-state index contributed by atoms with van der Waals surface area (Å²) in [5.41, 5.74) is 10.3. The Kier molecular flexibility index (Phi) is 11.8. The Labute approximate surface area is 159 Å². The van der Waals surface area contributed by atoms with E-state index in [4.69, 9.17) is 16.6 Å². The number of aliphatic hydroxyl groups excluding tert-OH is 1. The lowest BCUT2D eigenvalue weighted by Gasteiger charge is -2.19. The number of aliphatic hydroxyl groups is 1. The van der Waals surface area contributed by atoms with Crippen LogP contribution in [0.5, 0.6) is 0 Å². The molecule has 4 amide bonds. The summed E-state index contributed by atoms with van der Waals surface area (Å²) >= 11 is 1.42. The van der Waals surface area contributed by atoms with Crippen molar-refractivity contribution in [3.8, 4) is 0 Å². The number of carboxylic acids is 1. The number of amides is 4. The van der Waals surface area contributed by atoms with Crippen molar-refractivity contribution in [2.24, 2.45) is 11.5 Å². The van der Waals surface area contributed by atoms with E-state index in [1.807, 2.05) is 0 Å². The van der Waals surface area contributed by atoms with Gasteiger partial charge in [-0.15, -0.1) is 0 Å². The van der Waals surface area contributed by atoms with Gasteiger partial charge in [0.2, 0.25) is 23.6 Å². The maximum atomic E-state index is 11.9. The molecule has 9 N–H and O–H groups in total. The number of nitrogens with two attached hydrogens (primary N) is 2. The zero-order valence-electron chi connectivity index (χ0n) is 14.8. The molecule has 3 atom stereocenters. The van der Waals surface area contributed by atoms with Crippen LogP contribution in [-0.4, -0.2) is 83.1 Å². The highest BCUT2D eigenvalue weighted by Gasteiger charge is 2.25. The molecule has 0 rings (SSSR count). The van der Waals surface area contributed by atoms with Crippen molar-refractivity contribution >= 4 is 41.4 Å². The Morgan fingerprint density at radius 3 is 2.19 bits per heavy atom. The summed E-state index contributed by atoms with van der Waals surface area (Å²) in [7, 11) is 0. The fourth-order valence-electron chi connectivity index (χ4n) is 1.81. The van der Waals surface area contributed by atoms with Crippen molar-refractivity contribution < 1.29 is 34.2 Å². The number of hydrogen-bond donors (Lipinski definition) is 7. The van der Waals surface area contributed by atoms with Crippen molar-refractivity contribution in [1.82, 2.24) is 16.0 Å². The molecule has 0 saturated heterocycles. The lowest BCUT2D eigenvalue weighted by atomic mass is 10.2. The minimum absolute atomic E-state index is 0.212. The summed E-state index contributed by atoms with van der Waals surface area (Å²) in [5, 5.41) is 24.8. The van der Waals surface area contributed by atoms with Crippen LogP contribution in [0.25, 0.3) is 0 Å². The Hall–Kier alpha value is -2.38. The first-order valence-electron chi connectivity index (χ1n) is 7.86. The Morgan fingerprint density at radius 2 is 1.70 bits per heavy atom. The molecule has 154 valence electrons. The molecule has 0 aliphatic carbocycles. The monoisotopic (exact) mass is 407 g/mol. The summed E-state index contributed by atoms with van der Waals surface area (Å²) in [4.78, 5) is 57.2. The quantitative estimate of drug-likeness (QED) is 0.159. The van der Waals surface area contributed by atoms with Crippen molar-refractivity contribution in [2.45, 2.75) is 31.0 Å². The summed E-state index contributed by atoms with van der Waals surface area (Å²) in [6, 6.07) is -3.79. The lowest BCUT2D eigenvalue weighted by molar-refractivity contribution is -0.141. The molecule has 0 aliphatic heterocycles. The van der Waals surface area contributed by atoms with Gasteiger partial charge in [-0.05, 0) is 18.4 Å². The first-order chi connectivity index (χ1) is 12.6. The first kappa shape index (κ1) is 24.6. The van der Waals surface area contributed by atoms with Crippen LogP contribution in [0.2, 0.25) is 0 Å². The molecule has 13 heteroatoms. The third kappa shape index (κ3) is 10.4. The predicted octanol–water partition coefficient (Wildman–Crippen LogP) is -3.90. The van der Waals surface area contributed by atoms with Crippen molar-refractivity contribution in [1.29, 1.82) is 0 Å². The molecule has 0 aromatic rings. The van der Waals surface area contributed by atoms with E-state index in [2.05, 4.69) is 16.0 Å². The molecular weight excluding hydrogens is 382 g/mol. The minimum Gasteiger partial charge on any atom is -0.480 e. The van der Waals surface area contributed by atoms with Gasteiger partial charge in [0.15, 0.2) is 0 Å². The normalized spacial score (nSPS) is 13.7. The topological polar surface area (TPSA) is 214 Å². The average molecular weight is 407 g/mol. The van der Waals surface area contributed by atoms with Gasteiger partial charge >= 0.3 is 5.97 Å². The van der Waals surface area contributed by atoms with Gasteiger partial charge in [-0.1, -0.05) is 0 Å². The second-order valence-corrected chi connectivity index (χ2v) is 6.46. The Morgan fingerprint density at radius 1 is 1.07 bits per heavy atom. The second kappa shape index (κ2) is 12.9. The highest BCUT2D eigenvalue weighted by molar-refractivity contribution is 7.98. The van der Waals surface area contributed by atoms with Crippen LogP contribution in [0.4, 0.5) is 0 Å². The molecule has 0 aromatic heterocycles. The van der Waals surface area contributed by atoms with Gasteiger partial charge in [0.05, 0.1) is 25.6 Å². The van der Waals surface area contributed by atoms with Crippen LogP contribution in [0.3, 0.4) is 0 Å². The summed E-state index contributed by atoms with van der Waals surface area (Å²) < 4.78 is 0. The van der Waals surface area contributed by atoms with E-state index in [-0.39, 0.29) is 6.42 Å². The number of hydrogen-bond acceptors (Lipinski definition) is 8. The molecule has 3 unspecified atom stereocenters. The number of aliphatic carboxylic acids is 1. The number of rotatable bonds is 13. The molecule has 0 radical (unpaired) electrons. The van der Waals surface area contributed by atoms with E-state index < -0.39 is 67.3 Å². The predicted molar refractivity (Wildman–Crippen MR) is 96.4 cm³/mol. The first-order valence-corrected chi connectivity index (χ1v) is 9.25. The molecule has 12 nitrogen and oxygen atoms in total. The number of carbonyl (C=O) groups excluding carboxylic acids is 4. The second-order valence-electron chi connectivity index (χ2n) is 5.48. The molecule has 0 aliphatic rings. The number of nitrogens with one attached hydrogen (secondary N) is 3. The van der Waals surface area contributed by atoms with Crippen molar-refractivity contribution in [2.75, 3.05) is 25.2 Å². The molecule has 27 heavy (non-hydrogen) atoms. The standard InChI is InChI=1S/C14H25N5O7S/c1-27-3-2-8(14(25)26)18-11(22)5-17-13(24)9(6-20)19-12(23)7(15)4-10(16)21/h7-9,20H,2-6,15H2,1H3,(H2,16,21)(H,17,24)(H,18,22)(H,19,23)(H,25,26). The minimum atomic E-state index is -1.41. The molecule has 0 fully saturated rings. The molecule has 0 saturated carbocycles. The van der Waals surface area contributed by atoms with Gasteiger partial charge < -0.3 is 37.6 Å². The maximum Gasteiger partial charge on any atom is 0.326 e. The van der Waals surface area contributed by atoms with E-state index in [9.17, 15) is 29.1 Å². The summed E-state index contributed by atoms with van der Waals surface area (Å²) in [6.45, 7) is -1.34. The van der Waals surface area contributed by atoms with Crippen molar-refractivity contribution in [3.05, 3.63) is 0 Å². The number of primary amides is 1. The Bertz CT molecular complexity index is 560. The lowest BCUT2D eigenvalue weighted by Crippen LogP contribution is -2.55. The molecule has 0 spiro atoms. The van der Waals surface area contributed by atoms with Crippen LogP contribution in [-0.2, 0) is 24.0 Å². The van der Waals surface area contributed by atoms with E-state index >= 15 is 0 Å². The molecule has 0 bridgehead atoms. The zero-order chi connectivity index (χ0) is 21.0. The average Bonchev–Trinajstić information content (AvgIpc) is 2.59. The Balaban J connectivity index is 4.54. The van der Waals surface area contributed by atoms with Crippen LogP contribution in [0.15, 0.2) is 0 Å². The zero-order valence-corrected chi connectivity index (χ0v) is 15.6.